The number of benzene rings is 1. The van der Waals surface area contributed by atoms with Gasteiger partial charge in [-0.2, -0.15) is 0 Å². The van der Waals surface area contributed by atoms with Crippen LogP contribution >= 0.6 is 0 Å². The van der Waals surface area contributed by atoms with E-state index in [0.717, 1.165) is 44.5 Å². The van der Waals surface area contributed by atoms with E-state index in [-0.39, 0.29) is 5.91 Å². The third-order valence-electron chi connectivity index (χ3n) is 3.93. The van der Waals surface area contributed by atoms with Gasteiger partial charge in [0.15, 0.2) is 0 Å². The molecule has 1 fully saturated rings. The highest BCUT2D eigenvalue weighted by molar-refractivity contribution is 5.93. The van der Waals surface area contributed by atoms with Gasteiger partial charge in [-0.1, -0.05) is 30.3 Å². The Hall–Kier alpha value is -1.61. The van der Waals surface area contributed by atoms with Crippen LogP contribution in [0, 0.1) is 0 Å². The first-order valence-electron chi connectivity index (χ1n) is 7.37. The molecule has 1 aliphatic heterocycles. The molecule has 1 aromatic carbocycles. The molecule has 108 valence electrons. The smallest absolute Gasteiger partial charge is 0.249 e. The molecule has 1 saturated heterocycles. The zero-order chi connectivity index (χ0) is 14.4. The number of rotatable bonds is 6. The molecule has 1 aliphatic rings. The van der Waals surface area contributed by atoms with E-state index in [1.807, 2.05) is 24.9 Å². The van der Waals surface area contributed by atoms with Gasteiger partial charge in [0.2, 0.25) is 5.91 Å². The van der Waals surface area contributed by atoms with Crippen LogP contribution in [0.5, 0.6) is 0 Å². The fourth-order valence-corrected chi connectivity index (χ4v) is 2.38. The van der Waals surface area contributed by atoms with Crippen LogP contribution in [0.25, 0.3) is 0 Å². The largest absolute Gasteiger partial charge is 0.342 e. The topological polar surface area (TPSA) is 32.3 Å². The van der Waals surface area contributed by atoms with Gasteiger partial charge in [-0.15, -0.1) is 0 Å². The lowest BCUT2D eigenvalue weighted by atomic mass is 10.0. The van der Waals surface area contributed by atoms with E-state index < -0.39 is 0 Å². The van der Waals surface area contributed by atoms with Gasteiger partial charge in [0, 0.05) is 32.3 Å². The Kier molecular flexibility index (Phi) is 5.36. The fourth-order valence-electron chi connectivity index (χ4n) is 2.38. The van der Waals surface area contributed by atoms with Gasteiger partial charge in [0.05, 0.1) is 0 Å². The van der Waals surface area contributed by atoms with Crippen LogP contribution in [0.2, 0.25) is 0 Å². The van der Waals surface area contributed by atoms with Crippen LogP contribution in [0.1, 0.15) is 25.3 Å². The summed E-state index contributed by atoms with van der Waals surface area (Å²) in [5.74, 6) is 0.182. The maximum absolute atomic E-state index is 12.2. The molecule has 2 rings (SSSR count). The monoisotopic (exact) mass is 272 g/mol. The minimum absolute atomic E-state index is 0.182. The highest BCUT2D eigenvalue weighted by atomic mass is 16.2. The number of carbonyl (C=O) groups excluding carboxylic acids is 1. The lowest BCUT2D eigenvalue weighted by Crippen LogP contribution is -2.38. The first-order valence-corrected chi connectivity index (χ1v) is 7.37. The predicted octanol–water partition coefficient (Wildman–Crippen LogP) is 2.39. The third-order valence-corrected chi connectivity index (χ3v) is 3.93. The van der Waals surface area contributed by atoms with Crippen molar-refractivity contribution in [1.82, 2.24) is 10.2 Å². The van der Waals surface area contributed by atoms with Crippen LogP contribution in [-0.4, -0.2) is 37.5 Å². The molecule has 1 N–H and O–H groups in total. The molecular weight excluding hydrogens is 248 g/mol. The molecule has 0 radical (unpaired) electrons. The number of unbranched alkanes of at least 4 members (excludes halogenated alkanes) is 1. The van der Waals surface area contributed by atoms with Crippen molar-refractivity contribution in [3.05, 3.63) is 47.0 Å². The summed E-state index contributed by atoms with van der Waals surface area (Å²) in [6.07, 6.45) is 3.27. The van der Waals surface area contributed by atoms with Gasteiger partial charge in [0.1, 0.15) is 0 Å². The Labute approximate surface area is 121 Å². The number of hydrogen-bond acceptors (Lipinski definition) is 2. The molecule has 1 heterocycles. The molecule has 0 bridgehead atoms. The highest BCUT2D eigenvalue weighted by Crippen LogP contribution is 2.12. The average Bonchev–Trinajstić information content (AvgIpc) is 2.41. The van der Waals surface area contributed by atoms with Crippen molar-refractivity contribution >= 4 is 5.91 Å². The van der Waals surface area contributed by atoms with Gasteiger partial charge in [-0.3, -0.25) is 4.79 Å². The van der Waals surface area contributed by atoms with Crippen LogP contribution in [0.15, 0.2) is 41.5 Å². The molecule has 0 aliphatic carbocycles. The van der Waals surface area contributed by atoms with E-state index in [9.17, 15) is 4.79 Å². The Morgan fingerprint density at radius 2 is 1.90 bits per heavy atom. The Morgan fingerprint density at radius 3 is 2.50 bits per heavy atom. The second-order valence-electron chi connectivity index (χ2n) is 5.50. The highest BCUT2D eigenvalue weighted by Gasteiger charge is 2.18. The van der Waals surface area contributed by atoms with Gasteiger partial charge >= 0.3 is 0 Å². The van der Waals surface area contributed by atoms with E-state index >= 15 is 0 Å². The van der Waals surface area contributed by atoms with Crippen molar-refractivity contribution in [1.29, 1.82) is 0 Å². The van der Waals surface area contributed by atoms with Crippen molar-refractivity contribution < 1.29 is 4.79 Å². The first kappa shape index (κ1) is 14.8. The van der Waals surface area contributed by atoms with Gasteiger partial charge in [-0.05, 0) is 37.3 Å². The van der Waals surface area contributed by atoms with Crippen molar-refractivity contribution in [2.45, 2.75) is 26.2 Å². The third kappa shape index (κ3) is 3.94. The van der Waals surface area contributed by atoms with E-state index in [1.54, 1.807) is 0 Å². The van der Waals surface area contributed by atoms with Crippen LogP contribution in [-0.2, 0) is 11.2 Å². The van der Waals surface area contributed by atoms with Crippen LogP contribution in [0.3, 0.4) is 0 Å². The quantitative estimate of drug-likeness (QED) is 0.637. The minimum atomic E-state index is 0.182. The first-order chi connectivity index (χ1) is 9.68. The summed E-state index contributed by atoms with van der Waals surface area (Å²) in [6.45, 7) is 4.53. The molecule has 0 atom stereocenters. The molecule has 1 aromatic rings. The number of hydrogen-bond donors (Lipinski definition) is 1. The van der Waals surface area contributed by atoms with Crippen molar-refractivity contribution in [2.75, 3.05) is 26.7 Å². The molecule has 0 unspecified atom stereocenters. The zero-order valence-electron chi connectivity index (χ0n) is 12.5. The Balaban J connectivity index is 1.70. The maximum atomic E-state index is 12.2. The number of nitrogens with zero attached hydrogens (tertiary/aromatic N) is 1. The summed E-state index contributed by atoms with van der Waals surface area (Å²) in [7, 11) is 1.90. The molecule has 3 nitrogen and oxygen atoms in total. The predicted molar refractivity (Wildman–Crippen MR) is 82.6 cm³/mol. The number of carbonyl (C=O) groups is 1. The van der Waals surface area contributed by atoms with E-state index in [2.05, 4.69) is 29.6 Å². The molecular formula is C17H24N2O. The molecule has 0 aromatic heterocycles. The van der Waals surface area contributed by atoms with Crippen LogP contribution < -0.4 is 5.32 Å². The van der Waals surface area contributed by atoms with Crippen molar-refractivity contribution in [2.24, 2.45) is 0 Å². The molecule has 0 saturated carbocycles. The number of nitrogens with one attached hydrogen (secondary N) is 1. The second kappa shape index (κ2) is 7.25. The van der Waals surface area contributed by atoms with Gasteiger partial charge < -0.3 is 10.2 Å². The Morgan fingerprint density at radius 1 is 1.20 bits per heavy atom. The van der Waals surface area contributed by atoms with E-state index in [0.29, 0.717) is 0 Å². The molecule has 3 heteroatoms. The van der Waals surface area contributed by atoms with Crippen molar-refractivity contribution in [3.8, 4) is 0 Å². The molecule has 20 heavy (non-hydrogen) atoms. The fraction of sp³-hybridized carbons (Fsp3) is 0.471. The standard InChI is InChI=1S/C17H24N2O/c1-14(16-12-18-13-16)17(20)19(2)11-7-6-10-15-8-4-3-5-9-15/h3-5,8-9,18H,6-7,10-13H2,1-2H3. The maximum Gasteiger partial charge on any atom is 0.249 e. The number of amides is 1. The van der Waals surface area contributed by atoms with E-state index in [4.69, 9.17) is 0 Å². The second-order valence-corrected chi connectivity index (χ2v) is 5.50. The summed E-state index contributed by atoms with van der Waals surface area (Å²) >= 11 is 0. The summed E-state index contributed by atoms with van der Waals surface area (Å²) < 4.78 is 0. The summed E-state index contributed by atoms with van der Waals surface area (Å²) in [4.78, 5) is 14.0. The SMILES string of the molecule is CC(C(=O)N(C)CCCCc1ccccc1)=C1CNC1. The minimum Gasteiger partial charge on any atom is -0.342 e. The normalized spacial score (nSPS) is 13.8. The number of aryl methyl sites for hydroxylation is 1. The lowest BCUT2D eigenvalue weighted by Gasteiger charge is -2.24. The van der Waals surface area contributed by atoms with Gasteiger partial charge in [0.25, 0.3) is 0 Å². The molecule has 0 spiro atoms. The lowest BCUT2D eigenvalue weighted by molar-refractivity contribution is -0.126. The average molecular weight is 272 g/mol. The van der Waals surface area contributed by atoms with Crippen LogP contribution in [0.4, 0.5) is 0 Å². The molecule has 1 amide bonds. The Bertz CT molecular complexity index is 473. The zero-order valence-corrected chi connectivity index (χ0v) is 12.5. The summed E-state index contributed by atoms with van der Waals surface area (Å²) in [5, 5.41) is 3.18. The summed E-state index contributed by atoms with van der Waals surface area (Å²) in [5.41, 5.74) is 3.56. The van der Waals surface area contributed by atoms with Crippen molar-refractivity contribution in [3.63, 3.8) is 0 Å². The van der Waals surface area contributed by atoms with Gasteiger partial charge in [-0.25, -0.2) is 0 Å². The number of likely N-dealkylation sites (N-methyl/N-ethyl adjacent to an activating group) is 1. The summed E-state index contributed by atoms with van der Waals surface area (Å²) in [6, 6.07) is 10.5. The van der Waals surface area contributed by atoms with E-state index in [1.165, 1.54) is 11.1 Å².